The predicted octanol–water partition coefficient (Wildman–Crippen LogP) is 1.82. The Balaban J connectivity index is 1.86. The van der Waals surface area contributed by atoms with Gasteiger partial charge in [-0.15, -0.1) is 0 Å². The molecule has 1 atom stereocenters. The summed E-state index contributed by atoms with van der Waals surface area (Å²) in [5, 5.41) is 12.5. The summed E-state index contributed by atoms with van der Waals surface area (Å²) in [6.45, 7) is 2.05. The predicted molar refractivity (Wildman–Crippen MR) is 47.5 cm³/mol. The Labute approximate surface area is 74.0 Å². The smallest absolute Gasteiger partial charge is 0.104 e. The summed E-state index contributed by atoms with van der Waals surface area (Å²) in [4.78, 5) is 0. The van der Waals surface area contributed by atoms with E-state index in [2.05, 4.69) is 11.4 Å². The first kappa shape index (κ1) is 8.07. The average Bonchev–Trinajstić information content (AvgIpc) is 2.85. The molecule has 2 aliphatic rings. The molecule has 1 N–H and O–H groups in total. The van der Waals surface area contributed by atoms with Crippen LogP contribution in [0.1, 0.15) is 39.0 Å². The third-order valence-electron chi connectivity index (χ3n) is 2.74. The van der Waals surface area contributed by atoms with Crippen LogP contribution in [0.15, 0.2) is 0 Å². The van der Waals surface area contributed by atoms with Crippen LogP contribution in [0.5, 0.6) is 0 Å². The van der Waals surface area contributed by atoms with Gasteiger partial charge in [-0.3, -0.25) is 5.32 Å². The first-order valence-corrected chi connectivity index (χ1v) is 4.91. The summed E-state index contributed by atoms with van der Waals surface area (Å²) in [7, 11) is 0. The maximum absolute atomic E-state index is 9.03. The van der Waals surface area contributed by atoms with Gasteiger partial charge < -0.3 is 0 Å². The van der Waals surface area contributed by atoms with Crippen LogP contribution in [0.2, 0.25) is 0 Å². The fourth-order valence-electron chi connectivity index (χ4n) is 1.71. The van der Waals surface area contributed by atoms with Crippen LogP contribution in [0.25, 0.3) is 0 Å². The topological polar surface area (TPSA) is 35.8 Å². The fraction of sp³-hybridized carbons (Fsp3) is 0.900. The zero-order valence-corrected chi connectivity index (χ0v) is 7.64. The largest absolute Gasteiger partial charge is 0.297 e. The summed E-state index contributed by atoms with van der Waals surface area (Å²) in [6, 6.07) is 3.06. The maximum atomic E-state index is 9.03. The molecule has 0 bridgehead atoms. The highest BCUT2D eigenvalue weighted by Crippen LogP contribution is 2.37. The van der Waals surface area contributed by atoms with Gasteiger partial charge in [0.1, 0.15) is 5.54 Å². The highest BCUT2D eigenvalue weighted by atomic mass is 15.0. The van der Waals surface area contributed by atoms with Crippen molar-refractivity contribution >= 4 is 0 Å². The van der Waals surface area contributed by atoms with E-state index in [0.29, 0.717) is 6.04 Å². The SMILES string of the molecule is CC(C#N)(CC1CC1)NC1CC1. The molecule has 0 radical (unpaired) electrons. The number of hydrogen-bond acceptors (Lipinski definition) is 2. The van der Waals surface area contributed by atoms with Gasteiger partial charge in [-0.1, -0.05) is 12.8 Å². The van der Waals surface area contributed by atoms with E-state index in [1.165, 1.54) is 25.7 Å². The molecule has 0 heterocycles. The summed E-state index contributed by atoms with van der Waals surface area (Å²) >= 11 is 0. The molecule has 0 aliphatic heterocycles. The molecular formula is C10H16N2. The number of nitrogens with one attached hydrogen (secondary N) is 1. The van der Waals surface area contributed by atoms with Gasteiger partial charge in [0.05, 0.1) is 6.07 Å². The second-order valence-electron chi connectivity index (χ2n) is 4.51. The van der Waals surface area contributed by atoms with Crippen LogP contribution in [-0.4, -0.2) is 11.6 Å². The van der Waals surface area contributed by atoms with Crippen molar-refractivity contribution in [2.24, 2.45) is 5.92 Å². The average molecular weight is 164 g/mol. The second-order valence-corrected chi connectivity index (χ2v) is 4.51. The zero-order chi connectivity index (χ0) is 8.60. The molecule has 0 saturated heterocycles. The molecule has 2 saturated carbocycles. The van der Waals surface area contributed by atoms with Crippen LogP contribution in [-0.2, 0) is 0 Å². The fourth-order valence-corrected chi connectivity index (χ4v) is 1.71. The van der Waals surface area contributed by atoms with Gasteiger partial charge >= 0.3 is 0 Å². The molecule has 0 aromatic carbocycles. The third kappa shape index (κ3) is 1.98. The van der Waals surface area contributed by atoms with E-state index in [9.17, 15) is 0 Å². The van der Waals surface area contributed by atoms with E-state index in [1.807, 2.05) is 6.92 Å². The molecule has 0 spiro atoms. The highest BCUT2D eigenvalue weighted by Gasteiger charge is 2.37. The Morgan fingerprint density at radius 1 is 1.42 bits per heavy atom. The molecule has 0 amide bonds. The molecular weight excluding hydrogens is 148 g/mol. The van der Waals surface area contributed by atoms with Crippen molar-refractivity contribution in [3.8, 4) is 6.07 Å². The van der Waals surface area contributed by atoms with Crippen molar-refractivity contribution in [2.45, 2.75) is 50.6 Å². The van der Waals surface area contributed by atoms with E-state index in [-0.39, 0.29) is 5.54 Å². The number of nitrogens with zero attached hydrogens (tertiary/aromatic N) is 1. The van der Waals surface area contributed by atoms with Crippen molar-refractivity contribution in [2.75, 3.05) is 0 Å². The Morgan fingerprint density at radius 3 is 2.50 bits per heavy atom. The molecule has 0 aromatic rings. The van der Waals surface area contributed by atoms with Gasteiger partial charge in [0.25, 0.3) is 0 Å². The molecule has 0 aromatic heterocycles. The lowest BCUT2D eigenvalue weighted by molar-refractivity contribution is 0.394. The minimum Gasteiger partial charge on any atom is -0.297 e. The molecule has 2 fully saturated rings. The van der Waals surface area contributed by atoms with E-state index in [1.54, 1.807) is 0 Å². The molecule has 2 nitrogen and oxygen atoms in total. The first-order valence-electron chi connectivity index (χ1n) is 4.91. The van der Waals surface area contributed by atoms with E-state index in [0.717, 1.165) is 12.3 Å². The van der Waals surface area contributed by atoms with E-state index < -0.39 is 0 Å². The molecule has 66 valence electrons. The Morgan fingerprint density at radius 2 is 2.08 bits per heavy atom. The van der Waals surface area contributed by atoms with Gasteiger partial charge in [-0.2, -0.15) is 5.26 Å². The van der Waals surface area contributed by atoms with Crippen molar-refractivity contribution < 1.29 is 0 Å². The van der Waals surface area contributed by atoms with Crippen molar-refractivity contribution in [3.63, 3.8) is 0 Å². The number of nitriles is 1. The van der Waals surface area contributed by atoms with Crippen LogP contribution < -0.4 is 5.32 Å². The van der Waals surface area contributed by atoms with Gasteiger partial charge in [-0.05, 0) is 32.1 Å². The van der Waals surface area contributed by atoms with Crippen molar-refractivity contribution in [1.82, 2.24) is 5.32 Å². The molecule has 1 unspecified atom stereocenters. The number of hydrogen-bond donors (Lipinski definition) is 1. The van der Waals surface area contributed by atoms with Crippen LogP contribution in [0, 0.1) is 17.2 Å². The quantitative estimate of drug-likeness (QED) is 0.688. The third-order valence-corrected chi connectivity index (χ3v) is 2.74. The second kappa shape index (κ2) is 2.74. The lowest BCUT2D eigenvalue weighted by Gasteiger charge is -2.22. The summed E-state index contributed by atoms with van der Waals surface area (Å²) in [5.74, 6) is 0.834. The molecule has 12 heavy (non-hydrogen) atoms. The molecule has 2 rings (SSSR count). The first-order chi connectivity index (χ1) is 5.72. The monoisotopic (exact) mass is 164 g/mol. The van der Waals surface area contributed by atoms with E-state index >= 15 is 0 Å². The summed E-state index contributed by atoms with van der Waals surface area (Å²) in [5.41, 5.74) is -0.234. The van der Waals surface area contributed by atoms with Crippen molar-refractivity contribution in [1.29, 1.82) is 5.26 Å². The lowest BCUT2D eigenvalue weighted by atomic mass is 9.96. The van der Waals surface area contributed by atoms with E-state index in [4.69, 9.17) is 5.26 Å². The summed E-state index contributed by atoms with van der Waals surface area (Å²) in [6.07, 6.45) is 6.26. The van der Waals surface area contributed by atoms with Gasteiger partial charge in [0.15, 0.2) is 0 Å². The standard InChI is InChI=1S/C10H16N2/c1-10(7-11,6-8-2-3-8)12-9-4-5-9/h8-9,12H,2-6H2,1H3. The van der Waals surface area contributed by atoms with Gasteiger partial charge in [-0.25, -0.2) is 0 Å². The normalized spacial score (nSPS) is 27.7. The van der Waals surface area contributed by atoms with Crippen LogP contribution >= 0.6 is 0 Å². The minimum absolute atomic E-state index is 0.234. The Kier molecular flexibility index (Phi) is 1.84. The maximum Gasteiger partial charge on any atom is 0.104 e. The van der Waals surface area contributed by atoms with Gasteiger partial charge in [0, 0.05) is 6.04 Å². The molecule has 2 heteroatoms. The Hall–Kier alpha value is -0.550. The highest BCUT2D eigenvalue weighted by molar-refractivity contribution is 5.09. The van der Waals surface area contributed by atoms with Crippen LogP contribution in [0.4, 0.5) is 0 Å². The minimum atomic E-state index is -0.234. The summed E-state index contributed by atoms with van der Waals surface area (Å²) < 4.78 is 0. The van der Waals surface area contributed by atoms with Crippen molar-refractivity contribution in [3.05, 3.63) is 0 Å². The lowest BCUT2D eigenvalue weighted by Crippen LogP contribution is -2.42. The number of rotatable bonds is 4. The molecule has 2 aliphatic carbocycles. The Bertz CT molecular complexity index is 194. The van der Waals surface area contributed by atoms with Crippen LogP contribution in [0.3, 0.4) is 0 Å². The van der Waals surface area contributed by atoms with Gasteiger partial charge in [0.2, 0.25) is 0 Å². The zero-order valence-electron chi connectivity index (χ0n) is 7.64.